The van der Waals surface area contributed by atoms with Crippen molar-refractivity contribution in [3.8, 4) is 11.8 Å². The molecule has 3 nitrogen and oxygen atoms in total. The Morgan fingerprint density at radius 3 is 2.57 bits per heavy atom. The van der Waals surface area contributed by atoms with Crippen LogP contribution >= 0.6 is 0 Å². The number of nitrogens with one attached hydrogen (secondary N) is 1. The number of rotatable bonds is 7. The molecule has 0 aliphatic heterocycles. The molecule has 0 amide bonds. The molecular weight excluding hydrogens is 260 g/mol. The molecule has 0 spiro atoms. The Balaban J connectivity index is 1.87. The smallest absolute Gasteiger partial charge is 0.174 e. The zero-order valence-corrected chi connectivity index (χ0v) is 12.3. The molecule has 0 aliphatic rings. The van der Waals surface area contributed by atoms with Crippen molar-refractivity contribution in [3.63, 3.8) is 0 Å². The molecule has 21 heavy (non-hydrogen) atoms. The molecule has 0 radical (unpaired) electrons. The van der Waals surface area contributed by atoms with Crippen LogP contribution in [0.2, 0.25) is 0 Å². The Labute approximate surface area is 126 Å². The number of benzene rings is 2. The van der Waals surface area contributed by atoms with Gasteiger partial charge in [-0.2, -0.15) is 5.26 Å². The van der Waals surface area contributed by atoms with Crippen molar-refractivity contribution in [1.29, 1.82) is 5.26 Å². The fourth-order valence-electron chi connectivity index (χ4n) is 2.22. The molecule has 1 N–H and O–H groups in total. The zero-order chi connectivity index (χ0) is 14.9. The molecule has 0 fully saturated rings. The minimum Gasteiger partial charge on any atom is -0.478 e. The first-order valence-corrected chi connectivity index (χ1v) is 7.14. The van der Waals surface area contributed by atoms with Crippen molar-refractivity contribution in [2.24, 2.45) is 0 Å². The second-order valence-corrected chi connectivity index (χ2v) is 5.00. The summed E-state index contributed by atoms with van der Waals surface area (Å²) >= 11 is 0. The molecular formula is C18H20N2O. The van der Waals surface area contributed by atoms with E-state index in [1.807, 2.05) is 36.4 Å². The standard InChI is InChI=1S/C18H20N2O/c1-15(16-7-3-2-4-8-16)13-20-14-17-9-5-6-10-18(17)21-12-11-19/h2-10,15,20H,12-14H2,1H3. The lowest BCUT2D eigenvalue weighted by Gasteiger charge is -2.14. The predicted molar refractivity (Wildman–Crippen MR) is 84.1 cm³/mol. The van der Waals surface area contributed by atoms with E-state index >= 15 is 0 Å². The van der Waals surface area contributed by atoms with Gasteiger partial charge < -0.3 is 10.1 Å². The van der Waals surface area contributed by atoms with E-state index in [0.717, 1.165) is 24.4 Å². The van der Waals surface area contributed by atoms with Gasteiger partial charge in [0, 0.05) is 18.7 Å². The largest absolute Gasteiger partial charge is 0.478 e. The predicted octanol–water partition coefficient (Wildman–Crippen LogP) is 3.48. The molecule has 0 saturated heterocycles. The highest BCUT2D eigenvalue weighted by Crippen LogP contribution is 2.18. The highest BCUT2D eigenvalue weighted by atomic mass is 16.5. The Bertz CT molecular complexity index is 590. The number of ether oxygens (including phenoxy) is 1. The van der Waals surface area contributed by atoms with Gasteiger partial charge in [-0.1, -0.05) is 55.5 Å². The molecule has 0 heterocycles. The van der Waals surface area contributed by atoms with Gasteiger partial charge in [-0.15, -0.1) is 0 Å². The van der Waals surface area contributed by atoms with E-state index in [1.54, 1.807) is 0 Å². The first kappa shape index (κ1) is 15.1. The lowest BCUT2D eigenvalue weighted by Crippen LogP contribution is -2.20. The van der Waals surface area contributed by atoms with Gasteiger partial charge in [0.15, 0.2) is 6.61 Å². The van der Waals surface area contributed by atoms with Gasteiger partial charge >= 0.3 is 0 Å². The molecule has 2 aromatic rings. The summed E-state index contributed by atoms with van der Waals surface area (Å²) in [5, 5.41) is 12.1. The average Bonchev–Trinajstić information content (AvgIpc) is 2.54. The summed E-state index contributed by atoms with van der Waals surface area (Å²) in [6.07, 6.45) is 0. The number of hydrogen-bond acceptors (Lipinski definition) is 3. The molecule has 1 atom stereocenters. The van der Waals surface area contributed by atoms with Gasteiger partial charge in [0.25, 0.3) is 0 Å². The highest BCUT2D eigenvalue weighted by molar-refractivity contribution is 5.33. The van der Waals surface area contributed by atoms with Gasteiger partial charge in [0.05, 0.1) is 0 Å². The van der Waals surface area contributed by atoms with Crippen molar-refractivity contribution >= 4 is 0 Å². The van der Waals surface area contributed by atoms with E-state index in [9.17, 15) is 0 Å². The van der Waals surface area contributed by atoms with Crippen LogP contribution in [0.15, 0.2) is 54.6 Å². The lowest BCUT2D eigenvalue weighted by molar-refractivity contribution is 0.362. The van der Waals surface area contributed by atoms with Crippen molar-refractivity contribution in [3.05, 3.63) is 65.7 Å². The Hall–Kier alpha value is -2.31. The van der Waals surface area contributed by atoms with Gasteiger partial charge in [-0.25, -0.2) is 0 Å². The summed E-state index contributed by atoms with van der Waals surface area (Å²) in [6, 6.07) is 20.3. The van der Waals surface area contributed by atoms with E-state index in [4.69, 9.17) is 10.00 Å². The van der Waals surface area contributed by atoms with Crippen LogP contribution in [0, 0.1) is 11.3 Å². The monoisotopic (exact) mass is 280 g/mol. The molecule has 0 bridgehead atoms. The summed E-state index contributed by atoms with van der Waals surface area (Å²) < 4.78 is 5.43. The molecule has 0 aromatic heterocycles. The maximum absolute atomic E-state index is 8.60. The molecule has 3 heteroatoms. The van der Waals surface area contributed by atoms with E-state index < -0.39 is 0 Å². The summed E-state index contributed by atoms with van der Waals surface area (Å²) in [4.78, 5) is 0. The minimum atomic E-state index is 0.0808. The van der Waals surface area contributed by atoms with E-state index in [2.05, 4.69) is 36.5 Å². The SMILES string of the molecule is CC(CNCc1ccccc1OCC#N)c1ccccc1. The molecule has 1 unspecified atom stereocenters. The van der Waals surface area contributed by atoms with Crippen LogP contribution in [0.1, 0.15) is 24.0 Å². The van der Waals surface area contributed by atoms with Crippen molar-refractivity contribution in [2.45, 2.75) is 19.4 Å². The lowest BCUT2D eigenvalue weighted by atomic mass is 10.0. The quantitative estimate of drug-likeness (QED) is 0.844. The average molecular weight is 280 g/mol. The highest BCUT2D eigenvalue weighted by Gasteiger charge is 2.06. The molecule has 0 aliphatic carbocycles. The van der Waals surface area contributed by atoms with E-state index in [-0.39, 0.29) is 6.61 Å². The van der Waals surface area contributed by atoms with Crippen molar-refractivity contribution in [1.82, 2.24) is 5.32 Å². The summed E-state index contributed by atoms with van der Waals surface area (Å²) in [6.45, 7) is 3.92. The van der Waals surface area contributed by atoms with Crippen molar-refractivity contribution < 1.29 is 4.74 Å². The van der Waals surface area contributed by atoms with Crippen molar-refractivity contribution in [2.75, 3.05) is 13.2 Å². The first-order valence-electron chi connectivity index (χ1n) is 7.14. The topological polar surface area (TPSA) is 45.0 Å². The van der Waals surface area contributed by atoms with Crippen LogP contribution in [0.25, 0.3) is 0 Å². The third-order valence-corrected chi connectivity index (χ3v) is 3.40. The van der Waals surface area contributed by atoms with Crippen LogP contribution < -0.4 is 10.1 Å². The summed E-state index contributed by atoms with van der Waals surface area (Å²) in [7, 11) is 0. The third kappa shape index (κ3) is 4.62. The minimum absolute atomic E-state index is 0.0808. The van der Waals surface area contributed by atoms with Crippen LogP contribution in [0.4, 0.5) is 0 Å². The maximum atomic E-state index is 8.60. The fourth-order valence-corrected chi connectivity index (χ4v) is 2.22. The Morgan fingerprint density at radius 2 is 1.81 bits per heavy atom. The fraction of sp³-hybridized carbons (Fsp3) is 0.278. The van der Waals surface area contributed by atoms with Gasteiger partial charge in [0.2, 0.25) is 0 Å². The van der Waals surface area contributed by atoms with Gasteiger partial charge in [-0.3, -0.25) is 0 Å². The second-order valence-electron chi connectivity index (χ2n) is 5.00. The third-order valence-electron chi connectivity index (χ3n) is 3.40. The second kappa shape index (κ2) is 8.08. The number of nitriles is 1. The Kier molecular flexibility index (Phi) is 5.81. The van der Waals surface area contributed by atoms with Gasteiger partial charge in [-0.05, 0) is 17.5 Å². The maximum Gasteiger partial charge on any atom is 0.174 e. The molecule has 2 aromatic carbocycles. The van der Waals surface area contributed by atoms with Gasteiger partial charge in [0.1, 0.15) is 11.8 Å². The number of hydrogen-bond donors (Lipinski definition) is 1. The normalized spacial score (nSPS) is 11.6. The molecule has 108 valence electrons. The number of nitrogens with zero attached hydrogens (tertiary/aromatic N) is 1. The Morgan fingerprint density at radius 1 is 1.10 bits per heavy atom. The van der Waals surface area contributed by atoms with Crippen LogP contribution in [0.3, 0.4) is 0 Å². The first-order chi connectivity index (χ1) is 10.3. The van der Waals surface area contributed by atoms with Crippen LogP contribution in [0.5, 0.6) is 5.75 Å². The molecule has 2 rings (SSSR count). The van der Waals surface area contributed by atoms with E-state index in [1.165, 1.54) is 5.56 Å². The van der Waals surface area contributed by atoms with Crippen LogP contribution in [-0.4, -0.2) is 13.2 Å². The summed E-state index contributed by atoms with van der Waals surface area (Å²) in [5.41, 5.74) is 2.41. The summed E-state index contributed by atoms with van der Waals surface area (Å²) in [5.74, 6) is 1.23. The zero-order valence-electron chi connectivity index (χ0n) is 12.3. The van der Waals surface area contributed by atoms with E-state index in [0.29, 0.717) is 5.92 Å². The molecule has 0 saturated carbocycles. The van der Waals surface area contributed by atoms with Crippen LogP contribution in [-0.2, 0) is 6.54 Å². The number of para-hydroxylation sites is 1.